The van der Waals surface area contributed by atoms with Crippen molar-refractivity contribution in [1.29, 1.82) is 0 Å². The summed E-state index contributed by atoms with van der Waals surface area (Å²) in [4.78, 5) is 11.4. The van der Waals surface area contributed by atoms with Gasteiger partial charge >= 0.3 is 0 Å². The first kappa shape index (κ1) is 16.3. The first-order valence-corrected chi connectivity index (χ1v) is 7.53. The van der Waals surface area contributed by atoms with Gasteiger partial charge in [-0.25, -0.2) is 12.7 Å². The number of carbonyl (C=O) groups is 1. The van der Waals surface area contributed by atoms with Gasteiger partial charge in [0.05, 0.1) is 0 Å². The molecule has 102 valence electrons. The quantitative estimate of drug-likeness (QED) is 0.550. The predicted octanol–water partition coefficient (Wildman–Crippen LogP) is -0.487. The zero-order valence-electron chi connectivity index (χ0n) is 10.6. The fourth-order valence-electron chi connectivity index (χ4n) is 1.42. The lowest BCUT2D eigenvalue weighted by atomic mass is 10.3. The molecular formula is C10H23N3O3S. The summed E-state index contributed by atoms with van der Waals surface area (Å²) in [6.07, 6.45) is 1.59. The van der Waals surface area contributed by atoms with Crippen LogP contribution in [-0.2, 0) is 14.8 Å². The second-order valence-corrected chi connectivity index (χ2v) is 5.66. The summed E-state index contributed by atoms with van der Waals surface area (Å²) in [5.74, 6) is -0.925. The Bertz CT molecular complexity index is 313. The number of nitrogens with one attached hydrogen (secondary N) is 1. The minimum atomic E-state index is -3.47. The van der Waals surface area contributed by atoms with Crippen LogP contribution in [0.3, 0.4) is 0 Å². The van der Waals surface area contributed by atoms with Crippen LogP contribution in [0.5, 0.6) is 0 Å². The number of nitrogens with two attached hydrogens (primary N) is 1. The van der Waals surface area contributed by atoms with Crippen molar-refractivity contribution >= 4 is 15.9 Å². The smallest absolute Gasteiger partial charge is 0.236 e. The topological polar surface area (TPSA) is 92.5 Å². The molecule has 0 aromatic carbocycles. The lowest BCUT2D eigenvalue weighted by molar-refractivity contribution is -0.118. The molecule has 0 rings (SSSR count). The van der Waals surface area contributed by atoms with E-state index in [0.29, 0.717) is 26.2 Å². The van der Waals surface area contributed by atoms with E-state index in [1.807, 2.05) is 0 Å². The van der Waals surface area contributed by atoms with Crippen molar-refractivity contribution in [2.24, 2.45) is 5.73 Å². The van der Waals surface area contributed by atoms with Crippen LogP contribution in [0.15, 0.2) is 0 Å². The monoisotopic (exact) mass is 265 g/mol. The molecule has 0 spiro atoms. The van der Waals surface area contributed by atoms with Crippen LogP contribution in [0.4, 0.5) is 0 Å². The van der Waals surface area contributed by atoms with Crippen molar-refractivity contribution in [3.63, 3.8) is 0 Å². The maximum atomic E-state index is 11.7. The molecule has 0 radical (unpaired) electrons. The summed E-state index contributed by atoms with van der Waals surface area (Å²) >= 11 is 0. The molecular weight excluding hydrogens is 242 g/mol. The Balaban J connectivity index is 4.10. The maximum absolute atomic E-state index is 11.7. The molecule has 0 aliphatic rings. The van der Waals surface area contributed by atoms with Gasteiger partial charge in [0, 0.05) is 19.6 Å². The summed E-state index contributed by atoms with van der Waals surface area (Å²) in [6, 6.07) is 0. The van der Waals surface area contributed by atoms with Crippen LogP contribution in [0.2, 0.25) is 0 Å². The molecule has 0 aliphatic heterocycles. The average molecular weight is 265 g/mol. The molecule has 0 aromatic heterocycles. The number of unbranched alkanes of at least 4 members (excludes halogenated alkanes) is 1. The molecule has 0 heterocycles. The van der Waals surface area contributed by atoms with Crippen molar-refractivity contribution in [2.45, 2.75) is 26.7 Å². The minimum absolute atomic E-state index is 0.388. The van der Waals surface area contributed by atoms with Crippen LogP contribution in [0.1, 0.15) is 26.7 Å². The van der Waals surface area contributed by atoms with Gasteiger partial charge in [-0.3, -0.25) is 4.79 Å². The number of nitrogens with zero attached hydrogens (tertiary/aromatic N) is 1. The molecule has 0 aliphatic carbocycles. The van der Waals surface area contributed by atoms with Crippen molar-refractivity contribution in [3.8, 4) is 0 Å². The lowest BCUT2D eigenvalue weighted by Crippen LogP contribution is -2.39. The largest absolute Gasteiger partial charge is 0.355 e. The van der Waals surface area contributed by atoms with Crippen LogP contribution in [-0.4, -0.2) is 50.6 Å². The van der Waals surface area contributed by atoms with Gasteiger partial charge in [0.1, 0.15) is 5.75 Å². The summed E-state index contributed by atoms with van der Waals surface area (Å²) in [5, 5.41) is 2.58. The number of sulfonamides is 1. The number of carbonyl (C=O) groups excluding carboxylic acids is 1. The standard InChI is InChI=1S/C10H23N3O3S/c1-3-13(4-2)17(15,16)9-10(14)12-8-6-5-7-11/h3-9,11H2,1-2H3,(H,12,14). The highest BCUT2D eigenvalue weighted by Crippen LogP contribution is 2.00. The Kier molecular flexibility index (Phi) is 8.11. The Morgan fingerprint density at radius 2 is 1.82 bits per heavy atom. The van der Waals surface area contributed by atoms with Crippen molar-refractivity contribution < 1.29 is 13.2 Å². The van der Waals surface area contributed by atoms with Gasteiger partial charge in [0.15, 0.2) is 0 Å². The van der Waals surface area contributed by atoms with Gasteiger partial charge in [-0.1, -0.05) is 13.8 Å². The summed E-state index contributed by atoms with van der Waals surface area (Å²) in [5.41, 5.74) is 5.31. The maximum Gasteiger partial charge on any atom is 0.236 e. The fraction of sp³-hybridized carbons (Fsp3) is 0.900. The number of hydrogen-bond donors (Lipinski definition) is 2. The van der Waals surface area contributed by atoms with Crippen molar-refractivity contribution in [1.82, 2.24) is 9.62 Å². The molecule has 0 unspecified atom stereocenters. The van der Waals surface area contributed by atoms with E-state index in [0.717, 1.165) is 12.8 Å². The molecule has 0 saturated carbocycles. The van der Waals surface area contributed by atoms with Gasteiger partial charge in [0.25, 0.3) is 0 Å². The SMILES string of the molecule is CCN(CC)S(=O)(=O)CC(=O)NCCCCN. The molecule has 0 aromatic rings. The Labute approximate surface area is 104 Å². The van der Waals surface area contributed by atoms with Crippen molar-refractivity contribution in [2.75, 3.05) is 31.9 Å². The number of amides is 1. The van der Waals surface area contributed by atoms with E-state index < -0.39 is 21.7 Å². The average Bonchev–Trinajstić information content (AvgIpc) is 2.25. The second kappa shape index (κ2) is 8.43. The number of hydrogen-bond acceptors (Lipinski definition) is 4. The van der Waals surface area contributed by atoms with Gasteiger partial charge in [-0.2, -0.15) is 0 Å². The summed E-state index contributed by atoms with van der Waals surface area (Å²) < 4.78 is 24.8. The third-order valence-corrected chi connectivity index (χ3v) is 4.30. The van der Waals surface area contributed by atoms with Gasteiger partial charge in [-0.05, 0) is 19.4 Å². The van der Waals surface area contributed by atoms with Gasteiger partial charge < -0.3 is 11.1 Å². The normalized spacial score (nSPS) is 11.8. The van der Waals surface area contributed by atoms with E-state index >= 15 is 0 Å². The van der Waals surface area contributed by atoms with E-state index in [9.17, 15) is 13.2 Å². The van der Waals surface area contributed by atoms with Gasteiger partial charge in [0.2, 0.25) is 15.9 Å². The van der Waals surface area contributed by atoms with Crippen LogP contribution < -0.4 is 11.1 Å². The lowest BCUT2D eigenvalue weighted by Gasteiger charge is -2.17. The van der Waals surface area contributed by atoms with Crippen LogP contribution >= 0.6 is 0 Å². The van der Waals surface area contributed by atoms with E-state index in [4.69, 9.17) is 5.73 Å². The zero-order valence-corrected chi connectivity index (χ0v) is 11.4. The first-order valence-electron chi connectivity index (χ1n) is 5.92. The minimum Gasteiger partial charge on any atom is -0.355 e. The fourth-order valence-corrected chi connectivity index (χ4v) is 2.82. The Morgan fingerprint density at radius 1 is 1.24 bits per heavy atom. The van der Waals surface area contributed by atoms with Crippen LogP contribution in [0, 0.1) is 0 Å². The molecule has 0 bridgehead atoms. The van der Waals surface area contributed by atoms with E-state index in [-0.39, 0.29) is 0 Å². The molecule has 0 fully saturated rings. The second-order valence-electron chi connectivity index (χ2n) is 3.69. The molecule has 0 saturated heterocycles. The zero-order chi connectivity index (χ0) is 13.3. The highest BCUT2D eigenvalue weighted by molar-refractivity contribution is 7.89. The van der Waals surface area contributed by atoms with Gasteiger partial charge in [-0.15, -0.1) is 0 Å². The summed E-state index contributed by atoms with van der Waals surface area (Å²) in [6.45, 7) is 5.33. The van der Waals surface area contributed by atoms with E-state index in [2.05, 4.69) is 5.32 Å². The molecule has 7 heteroatoms. The third-order valence-electron chi connectivity index (χ3n) is 2.37. The first-order chi connectivity index (χ1) is 7.97. The highest BCUT2D eigenvalue weighted by atomic mass is 32.2. The van der Waals surface area contributed by atoms with E-state index in [1.54, 1.807) is 13.8 Å². The van der Waals surface area contributed by atoms with E-state index in [1.165, 1.54) is 4.31 Å². The molecule has 3 N–H and O–H groups in total. The number of rotatable bonds is 9. The van der Waals surface area contributed by atoms with Crippen molar-refractivity contribution in [3.05, 3.63) is 0 Å². The third kappa shape index (κ3) is 6.60. The molecule has 6 nitrogen and oxygen atoms in total. The molecule has 1 amide bonds. The summed E-state index contributed by atoms with van der Waals surface area (Å²) in [7, 11) is -3.47. The predicted molar refractivity (Wildman–Crippen MR) is 68.0 cm³/mol. The molecule has 0 atom stereocenters. The highest BCUT2D eigenvalue weighted by Gasteiger charge is 2.22. The molecule has 17 heavy (non-hydrogen) atoms. The Hall–Kier alpha value is -0.660. The Morgan fingerprint density at radius 3 is 2.29 bits per heavy atom. The van der Waals surface area contributed by atoms with Crippen LogP contribution in [0.25, 0.3) is 0 Å².